The third kappa shape index (κ3) is 4.09. The summed E-state index contributed by atoms with van der Waals surface area (Å²) in [7, 11) is 0. The molecule has 2 atom stereocenters. The average molecular weight is 302 g/mol. The van der Waals surface area contributed by atoms with Crippen LogP contribution >= 0.6 is 0 Å². The van der Waals surface area contributed by atoms with Crippen LogP contribution in [0, 0.1) is 12.8 Å². The second kappa shape index (κ2) is 7.43. The molecule has 2 amide bonds. The van der Waals surface area contributed by atoms with Crippen LogP contribution in [-0.4, -0.2) is 17.9 Å². The monoisotopic (exact) mass is 302 g/mol. The minimum Gasteiger partial charge on any atom is -0.348 e. The summed E-state index contributed by atoms with van der Waals surface area (Å²) in [6.45, 7) is 5.50. The number of hydrogen-bond donors (Lipinski definition) is 2. The number of carbonyl (C=O) groups is 2. The highest BCUT2D eigenvalue weighted by molar-refractivity contribution is 5.87. The molecule has 1 aliphatic carbocycles. The second-order valence-corrected chi connectivity index (χ2v) is 6.31. The van der Waals surface area contributed by atoms with Gasteiger partial charge in [-0.1, -0.05) is 37.1 Å². The molecule has 120 valence electrons. The van der Waals surface area contributed by atoms with Crippen molar-refractivity contribution in [3.8, 4) is 0 Å². The van der Waals surface area contributed by atoms with E-state index in [4.69, 9.17) is 0 Å². The first-order valence-electron chi connectivity index (χ1n) is 8.12. The standard InChI is InChI=1S/C18H26N2O2/c1-12-8-4-7-11-16(12)13(2)19-18(22)17(20-14(3)21)15-9-5-6-10-15/h4,7-8,11,13,15,17H,5-6,9-10H2,1-3H3,(H,19,22)(H,20,21). The molecule has 2 N–H and O–H groups in total. The van der Waals surface area contributed by atoms with Gasteiger partial charge >= 0.3 is 0 Å². The van der Waals surface area contributed by atoms with Crippen LogP contribution < -0.4 is 10.6 Å². The van der Waals surface area contributed by atoms with Gasteiger partial charge in [-0.2, -0.15) is 0 Å². The first-order chi connectivity index (χ1) is 10.5. The van der Waals surface area contributed by atoms with Gasteiger partial charge in [0.05, 0.1) is 6.04 Å². The molecular weight excluding hydrogens is 276 g/mol. The fourth-order valence-corrected chi connectivity index (χ4v) is 3.36. The summed E-state index contributed by atoms with van der Waals surface area (Å²) in [5.41, 5.74) is 2.27. The predicted octanol–water partition coefficient (Wildman–Crippen LogP) is 2.87. The third-order valence-corrected chi connectivity index (χ3v) is 4.53. The SMILES string of the molecule is CC(=O)NC(C(=O)NC(C)c1ccccc1C)C1CCCC1. The molecule has 0 aromatic heterocycles. The number of benzene rings is 1. The molecule has 1 aromatic rings. The van der Waals surface area contributed by atoms with Crippen molar-refractivity contribution in [2.75, 3.05) is 0 Å². The Hall–Kier alpha value is -1.84. The van der Waals surface area contributed by atoms with E-state index in [9.17, 15) is 9.59 Å². The largest absolute Gasteiger partial charge is 0.348 e. The number of rotatable bonds is 5. The molecule has 0 bridgehead atoms. The normalized spacial score (nSPS) is 17.8. The number of aryl methyl sites for hydroxylation is 1. The van der Waals surface area contributed by atoms with Crippen molar-refractivity contribution in [1.29, 1.82) is 0 Å². The van der Waals surface area contributed by atoms with Crippen LogP contribution in [0.15, 0.2) is 24.3 Å². The van der Waals surface area contributed by atoms with Gasteiger partial charge in [-0.15, -0.1) is 0 Å². The highest BCUT2D eigenvalue weighted by Gasteiger charge is 2.32. The summed E-state index contributed by atoms with van der Waals surface area (Å²) in [5.74, 6) is 0.0430. The zero-order chi connectivity index (χ0) is 16.1. The average Bonchev–Trinajstić information content (AvgIpc) is 2.98. The Morgan fingerprint density at radius 2 is 1.77 bits per heavy atom. The van der Waals surface area contributed by atoms with E-state index in [2.05, 4.69) is 10.6 Å². The Bertz CT molecular complexity index is 536. The second-order valence-electron chi connectivity index (χ2n) is 6.31. The van der Waals surface area contributed by atoms with Crippen LogP contribution in [0.5, 0.6) is 0 Å². The lowest BCUT2D eigenvalue weighted by Gasteiger charge is -2.26. The molecule has 0 aliphatic heterocycles. The van der Waals surface area contributed by atoms with E-state index in [0.29, 0.717) is 0 Å². The van der Waals surface area contributed by atoms with Crippen LogP contribution in [0.3, 0.4) is 0 Å². The lowest BCUT2D eigenvalue weighted by molar-refractivity contribution is -0.129. The first kappa shape index (κ1) is 16.5. The summed E-state index contributed by atoms with van der Waals surface area (Å²) < 4.78 is 0. The van der Waals surface area contributed by atoms with Crippen LogP contribution in [0.25, 0.3) is 0 Å². The molecule has 22 heavy (non-hydrogen) atoms. The Morgan fingerprint density at radius 1 is 1.14 bits per heavy atom. The quantitative estimate of drug-likeness (QED) is 0.878. The van der Waals surface area contributed by atoms with Crippen LogP contribution in [0.2, 0.25) is 0 Å². The molecule has 0 radical (unpaired) electrons. The Balaban J connectivity index is 2.06. The molecule has 2 unspecified atom stereocenters. The summed E-state index contributed by atoms with van der Waals surface area (Å²) in [6.07, 6.45) is 4.30. The van der Waals surface area contributed by atoms with Gasteiger partial charge in [0.15, 0.2) is 0 Å². The van der Waals surface area contributed by atoms with Gasteiger partial charge in [-0.05, 0) is 43.7 Å². The van der Waals surface area contributed by atoms with E-state index < -0.39 is 6.04 Å². The first-order valence-corrected chi connectivity index (χ1v) is 8.12. The zero-order valence-corrected chi connectivity index (χ0v) is 13.7. The molecule has 1 fully saturated rings. The van der Waals surface area contributed by atoms with Gasteiger partial charge in [-0.25, -0.2) is 0 Å². The van der Waals surface area contributed by atoms with Crippen molar-refractivity contribution in [1.82, 2.24) is 10.6 Å². The number of hydrogen-bond acceptors (Lipinski definition) is 2. The van der Waals surface area contributed by atoms with Gasteiger partial charge in [-0.3, -0.25) is 9.59 Å². The van der Waals surface area contributed by atoms with Crippen molar-refractivity contribution in [2.24, 2.45) is 5.92 Å². The van der Waals surface area contributed by atoms with E-state index in [1.807, 2.05) is 38.1 Å². The lowest BCUT2D eigenvalue weighted by atomic mass is 9.96. The van der Waals surface area contributed by atoms with Gasteiger partial charge in [0.2, 0.25) is 11.8 Å². The number of nitrogens with one attached hydrogen (secondary N) is 2. The summed E-state index contributed by atoms with van der Waals surface area (Å²) in [6, 6.07) is 7.57. The summed E-state index contributed by atoms with van der Waals surface area (Å²) in [5, 5.41) is 5.91. The fourth-order valence-electron chi connectivity index (χ4n) is 3.36. The van der Waals surface area contributed by atoms with Gasteiger partial charge in [0.25, 0.3) is 0 Å². The number of carbonyl (C=O) groups excluding carboxylic acids is 2. The minimum absolute atomic E-state index is 0.0636. The Kier molecular flexibility index (Phi) is 5.58. The third-order valence-electron chi connectivity index (χ3n) is 4.53. The molecule has 0 heterocycles. The minimum atomic E-state index is -0.411. The van der Waals surface area contributed by atoms with Crippen molar-refractivity contribution in [3.05, 3.63) is 35.4 Å². The smallest absolute Gasteiger partial charge is 0.243 e. The highest BCUT2D eigenvalue weighted by atomic mass is 16.2. The Labute approximate surface area is 132 Å². The summed E-state index contributed by atoms with van der Waals surface area (Å²) in [4.78, 5) is 24.1. The van der Waals surface area contributed by atoms with Gasteiger partial charge in [0.1, 0.15) is 6.04 Å². The van der Waals surface area contributed by atoms with Crippen LogP contribution in [0.1, 0.15) is 56.7 Å². The molecule has 1 saturated carbocycles. The molecule has 2 rings (SSSR count). The van der Waals surface area contributed by atoms with Crippen molar-refractivity contribution < 1.29 is 9.59 Å². The van der Waals surface area contributed by atoms with E-state index in [-0.39, 0.29) is 23.8 Å². The number of amides is 2. The van der Waals surface area contributed by atoms with E-state index in [1.165, 1.54) is 6.92 Å². The van der Waals surface area contributed by atoms with E-state index in [1.54, 1.807) is 0 Å². The maximum Gasteiger partial charge on any atom is 0.243 e. The zero-order valence-electron chi connectivity index (χ0n) is 13.7. The van der Waals surface area contributed by atoms with Crippen LogP contribution in [-0.2, 0) is 9.59 Å². The Morgan fingerprint density at radius 3 is 2.36 bits per heavy atom. The molecule has 4 nitrogen and oxygen atoms in total. The molecular formula is C18H26N2O2. The lowest BCUT2D eigenvalue weighted by Crippen LogP contribution is -2.50. The molecule has 1 aliphatic rings. The van der Waals surface area contributed by atoms with Crippen LogP contribution in [0.4, 0.5) is 0 Å². The fraction of sp³-hybridized carbons (Fsp3) is 0.556. The summed E-state index contributed by atoms with van der Waals surface area (Å²) >= 11 is 0. The van der Waals surface area contributed by atoms with Gasteiger partial charge < -0.3 is 10.6 Å². The molecule has 4 heteroatoms. The molecule has 1 aromatic carbocycles. The predicted molar refractivity (Wildman–Crippen MR) is 87.3 cm³/mol. The van der Waals surface area contributed by atoms with Crippen molar-refractivity contribution >= 4 is 11.8 Å². The molecule has 0 saturated heterocycles. The maximum absolute atomic E-state index is 12.6. The topological polar surface area (TPSA) is 58.2 Å². The van der Waals surface area contributed by atoms with E-state index in [0.717, 1.165) is 36.8 Å². The van der Waals surface area contributed by atoms with Crippen molar-refractivity contribution in [3.63, 3.8) is 0 Å². The molecule has 0 spiro atoms. The van der Waals surface area contributed by atoms with Gasteiger partial charge in [0, 0.05) is 6.92 Å². The highest BCUT2D eigenvalue weighted by Crippen LogP contribution is 2.28. The van der Waals surface area contributed by atoms with Crippen molar-refractivity contribution in [2.45, 2.75) is 58.5 Å². The maximum atomic E-state index is 12.6. The van der Waals surface area contributed by atoms with E-state index >= 15 is 0 Å².